The van der Waals surface area contributed by atoms with Crippen molar-refractivity contribution in [2.75, 3.05) is 6.54 Å². The number of aliphatic carboxylic acids is 1. The molecule has 6 heteroatoms. The summed E-state index contributed by atoms with van der Waals surface area (Å²) < 4.78 is 19.6. The molecule has 0 fully saturated rings. The summed E-state index contributed by atoms with van der Waals surface area (Å²) in [7, 11) is 0. The second kappa shape index (κ2) is 10.6. The van der Waals surface area contributed by atoms with Crippen molar-refractivity contribution in [2.24, 2.45) is 0 Å². The van der Waals surface area contributed by atoms with Gasteiger partial charge in [0.2, 0.25) is 0 Å². The van der Waals surface area contributed by atoms with E-state index in [9.17, 15) is 14.0 Å². The van der Waals surface area contributed by atoms with Crippen LogP contribution in [0.3, 0.4) is 0 Å². The molecule has 0 saturated heterocycles. The van der Waals surface area contributed by atoms with E-state index in [2.05, 4.69) is 0 Å². The lowest BCUT2D eigenvalue weighted by atomic mass is 9.95. The Balaban J connectivity index is 1.84. The second-order valence-corrected chi connectivity index (χ2v) is 7.59. The number of hydrogen-bond acceptors (Lipinski definition) is 3. The molecular weight excluding hydrogens is 409 g/mol. The van der Waals surface area contributed by atoms with Crippen LogP contribution in [-0.2, 0) is 29.1 Å². The third-order valence-corrected chi connectivity index (χ3v) is 5.17. The number of carboxylic acids is 1. The van der Waals surface area contributed by atoms with Crippen molar-refractivity contribution in [3.05, 3.63) is 94.8 Å². The Kier molecular flexibility index (Phi) is 7.60. The molecule has 32 heavy (non-hydrogen) atoms. The number of carboxylic acid groups (broad SMARTS) is 1. The van der Waals surface area contributed by atoms with Crippen molar-refractivity contribution < 1.29 is 23.8 Å². The highest BCUT2D eigenvalue weighted by Crippen LogP contribution is 2.28. The quantitative estimate of drug-likeness (QED) is 0.501. The molecule has 0 radical (unpaired) electrons. The van der Waals surface area contributed by atoms with Gasteiger partial charge in [0.15, 0.2) is 0 Å². The Labute approximate surface area is 187 Å². The van der Waals surface area contributed by atoms with Gasteiger partial charge < -0.3 is 14.7 Å². The smallest absolute Gasteiger partial charge is 0.410 e. The number of amides is 1. The molecule has 0 atom stereocenters. The number of nitrogens with zero attached hydrogens (tertiary/aromatic N) is 1. The Bertz CT molecular complexity index is 1100. The summed E-state index contributed by atoms with van der Waals surface area (Å²) >= 11 is 0. The van der Waals surface area contributed by atoms with Gasteiger partial charge >= 0.3 is 12.1 Å². The molecule has 0 aliphatic heterocycles. The third kappa shape index (κ3) is 5.94. The average molecular weight is 435 g/mol. The van der Waals surface area contributed by atoms with E-state index in [1.807, 2.05) is 62.4 Å². The maximum atomic E-state index is 14.1. The molecule has 1 N–H and O–H groups in total. The van der Waals surface area contributed by atoms with Crippen LogP contribution in [0.25, 0.3) is 11.1 Å². The number of benzene rings is 3. The molecule has 3 aromatic rings. The van der Waals surface area contributed by atoms with Gasteiger partial charge in [-0.25, -0.2) is 9.18 Å². The Morgan fingerprint density at radius 3 is 2.44 bits per heavy atom. The zero-order chi connectivity index (χ0) is 23.1. The number of aryl methyl sites for hydroxylation is 1. The maximum absolute atomic E-state index is 14.1. The van der Waals surface area contributed by atoms with Gasteiger partial charge in [0.1, 0.15) is 12.4 Å². The predicted molar refractivity (Wildman–Crippen MR) is 121 cm³/mol. The Morgan fingerprint density at radius 2 is 1.75 bits per heavy atom. The number of rotatable bonds is 8. The van der Waals surface area contributed by atoms with Crippen LogP contribution in [0.4, 0.5) is 9.18 Å². The molecule has 0 spiro atoms. The van der Waals surface area contributed by atoms with E-state index < -0.39 is 24.3 Å². The van der Waals surface area contributed by atoms with E-state index in [0.717, 1.165) is 22.3 Å². The summed E-state index contributed by atoms with van der Waals surface area (Å²) in [5.74, 6) is -1.65. The molecule has 166 valence electrons. The van der Waals surface area contributed by atoms with Crippen LogP contribution in [0, 0.1) is 12.7 Å². The monoisotopic (exact) mass is 435 g/mol. The third-order valence-electron chi connectivity index (χ3n) is 5.17. The molecular formula is C26H26FNO4. The van der Waals surface area contributed by atoms with Gasteiger partial charge in [0.25, 0.3) is 0 Å². The SMILES string of the molecule is CCN(Cc1cc(C)ccc1-c1ccc(F)c(CC(=O)O)c1)C(=O)OCc1ccccc1. The zero-order valence-corrected chi connectivity index (χ0v) is 18.2. The topological polar surface area (TPSA) is 66.8 Å². The lowest BCUT2D eigenvalue weighted by molar-refractivity contribution is -0.136. The van der Waals surface area contributed by atoms with Crippen LogP contribution in [0.15, 0.2) is 66.7 Å². The fourth-order valence-electron chi connectivity index (χ4n) is 3.50. The summed E-state index contributed by atoms with van der Waals surface area (Å²) in [4.78, 5) is 25.4. The first-order valence-corrected chi connectivity index (χ1v) is 10.4. The van der Waals surface area contributed by atoms with Crippen molar-refractivity contribution in [1.82, 2.24) is 4.90 Å². The van der Waals surface area contributed by atoms with E-state index in [-0.39, 0.29) is 12.2 Å². The van der Waals surface area contributed by atoms with Crippen LogP contribution in [0.2, 0.25) is 0 Å². The summed E-state index contributed by atoms with van der Waals surface area (Å²) in [5, 5.41) is 9.06. The largest absolute Gasteiger partial charge is 0.481 e. The van der Waals surface area contributed by atoms with Gasteiger partial charge in [-0.15, -0.1) is 0 Å². The number of hydrogen-bond donors (Lipinski definition) is 1. The summed E-state index contributed by atoms with van der Waals surface area (Å²) in [6.07, 6.45) is -0.817. The molecule has 0 bridgehead atoms. The van der Waals surface area contributed by atoms with E-state index in [1.54, 1.807) is 17.0 Å². The van der Waals surface area contributed by atoms with Crippen molar-refractivity contribution in [2.45, 2.75) is 33.4 Å². The van der Waals surface area contributed by atoms with E-state index in [1.165, 1.54) is 6.07 Å². The van der Waals surface area contributed by atoms with Crippen molar-refractivity contribution in [3.8, 4) is 11.1 Å². The van der Waals surface area contributed by atoms with Crippen molar-refractivity contribution in [1.29, 1.82) is 0 Å². The molecule has 0 aliphatic rings. The van der Waals surface area contributed by atoms with Gasteiger partial charge in [-0.1, -0.05) is 60.2 Å². The molecule has 0 aliphatic carbocycles. The van der Waals surface area contributed by atoms with Gasteiger partial charge in [-0.05, 0) is 53.8 Å². The highest BCUT2D eigenvalue weighted by Gasteiger charge is 2.17. The van der Waals surface area contributed by atoms with Crippen LogP contribution < -0.4 is 0 Å². The molecule has 3 aromatic carbocycles. The lowest BCUT2D eigenvalue weighted by Gasteiger charge is -2.22. The highest BCUT2D eigenvalue weighted by atomic mass is 19.1. The minimum absolute atomic E-state index is 0.121. The predicted octanol–water partition coefficient (Wildman–Crippen LogP) is 5.59. The summed E-state index contributed by atoms with van der Waals surface area (Å²) in [6, 6.07) is 19.8. The molecule has 0 aromatic heterocycles. The second-order valence-electron chi connectivity index (χ2n) is 7.59. The minimum Gasteiger partial charge on any atom is -0.481 e. The average Bonchev–Trinajstić information content (AvgIpc) is 2.78. The molecule has 0 saturated carbocycles. The summed E-state index contributed by atoms with van der Waals surface area (Å²) in [6.45, 7) is 4.79. The first-order valence-electron chi connectivity index (χ1n) is 10.4. The molecule has 0 heterocycles. The standard InChI is InChI=1S/C26H26FNO4/c1-3-28(26(31)32-17-19-7-5-4-6-8-19)16-22-13-18(2)9-11-23(22)20-10-12-24(27)21(14-20)15-25(29)30/h4-14H,3,15-17H2,1-2H3,(H,29,30). The van der Waals surface area contributed by atoms with Crippen LogP contribution in [0.1, 0.15) is 29.2 Å². The van der Waals surface area contributed by atoms with E-state index in [4.69, 9.17) is 9.84 Å². The Morgan fingerprint density at radius 1 is 1.00 bits per heavy atom. The summed E-state index contributed by atoms with van der Waals surface area (Å²) in [5.41, 5.74) is 4.44. The van der Waals surface area contributed by atoms with Gasteiger partial charge in [0.05, 0.1) is 6.42 Å². The molecule has 1 amide bonds. The van der Waals surface area contributed by atoms with Crippen LogP contribution >= 0.6 is 0 Å². The fourth-order valence-corrected chi connectivity index (χ4v) is 3.50. The molecule has 5 nitrogen and oxygen atoms in total. The minimum atomic E-state index is -1.09. The lowest BCUT2D eigenvalue weighted by Crippen LogP contribution is -2.31. The molecule has 3 rings (SSSR count). The number of carbonyl (C=O) groups is 2. The number of carbonyl (C=O) groups excluding carboxylic acids is 1. The van der Waals surface area contributed by atoms with Crippen LogP contribution in [-0.4, -0.2) is 28.6 Å². The Hall–Kier alpha value is -3.67. The molecule has 0 unspecified atom stereocenters. The van der Waals surface area contributed by atoms with Crippen LogP contribution in [0.5, 0.6) is 0 Å². The first-order chi connectivity index (χ1) is 15.4. The number of halogens is 1. The highest BCUT2D eigenvalue weighted by molar-refractivity contribution is 5.74. The van der Waals surface area contributed by atoms with Gasteiger partial charge in [-0.3, -0.25) is 4.79 Å². The normalized spacial score (nSPS) is 10.6. The maximum Gasteiger partial charge on any atom is 0.410 e. The van der Waals surface area contributed by atoms with E-state index in [0.29, 0.717) is 18.7 Å². The van der Waals surface area contributed by atoms with Gasteiger partial charge in [-0.2, -0.15) is 0 Å². The van der Waals surface area contributed by atoms with Gasteiger partial charge in [0, 0.05) is 13.1 Å². The van der Waals surface area contributed by atoms with E-state index >= 15 is 0 Å². The zero-order valence-electron chi connectivity index (χ0n) is 18.2. The number of ether oxygens (including phenoxy) is 1. The fraction of sp³-hybridized carbons (Fsp3) is 0.231. The first kappa shape index (κ1) is 23.0. The van der Waals surface area contributed by atoms with Crippen molar-refractivity contribution in [3.63, 3.8) is 0 Å². The van der Waals surface area contributed by atoms with Crippen molar-refractivity contribution >= 4 is 12.1 Å².